The number of anilines is 1. The number of benzene rings is 1. The number of hydrogen-bond donors (Lipinski definition) is 3. The van der Waals surface area contributed by atoms with Gasteiger partial charge in [-0.2, -0.15) is 13.2 Å². The van der Waals surface area contributed by atoms with Crippen LogP contribution in [0.2, 0.25) is 0 Å². The standard InChI is InChI=1S/C20H20F3N5O3/c1-25-16(19(30)28-15-6-8-27-18(15)29)13-9-12(4-5-14(13)24)31-10-11-3-2-7-26-17(11)20(21,22)23/h2-5,7,9,15H,6,8,10,24H2,1H3,(H,27,29)(H,28,30). The maximum atomic E-state index is 13.1. The minimum absolute atomic E-state index is 0.0278. The Kier molecular flexibility index (Phi) is 6.42. The molecule has 31 heavy (non-hydrogen) atoms. The molecular weight excluding hydrogens is 415 g/mol. The van der Waals surface area contributed by atoms with Gasteiger partial charge in [-0.25, -0.2) is 0 Å². The van der Waals surface area contributed by atoms with Crippen LogP contribution >= 0.6 is 0 Å². The van der Waals surface area contributed by atoms with Crippen molar-refractivity contribution >= 4 is 23.2 Å². The van der Waals surface area contributed by atoms with Crippen molar-refractivity contribution < 1.29 is 27.5 Å². The maximum absolute atomic E-state index is 13.1. The molecule has 2 amide bonds. The summed E-state index contributed by atoms with van der Waals surface area (Å²) in [7, 11) is 1.39. The van der Waals surface area contributed by atoms with Gasteiger partial charge in [-0.1, -0.05) is 6.07 Å². The van der Waals surface area contributed by atoms with Crippen LogP contribution in [0, 0.1) is 0 Å². The lowest BCUT2D eigenvalue weighted by molar-refractivity contribution is -0.142. The molecule has 2 aromatic rings. The number of aromatic nitrogens is 1. The van der Waals surface area contributed by atoms with E-state index >= 15 is 0 Å². The molecule has 3 rings (SSSR count). The van der Waals surface area contributed by atoms with Crippen molar-refractivity contribution in [1.29, 1.82) is 0 Å². The van der Waals surface area contributed by atoms with Crippen molar-refractivity contribution in [1.82, 2.24) is 15.6 Å². The Hall–Kier alpha value is -3.63. The summed E-state index contributed by atoms with van der Waals surface area (Å²) in [6.07, 6.45) is -3.10. The molecule has 1 aromatic carbocycles. The van der Waals surface area contributed by atoms with Gasteiger partial charge in [0.2, 0.25) is 5.91 Å². The fraction of sp³-hybridized carbons (Fsp3) is 0.300. The molecule has 0 saturated carbocycles. The third kappa shape index (κ3) is 5.11. The van der Waals surface area contributed by atoms with E-state index < -0.39 is 23.8 Å². The summed E-state index contributed by atoms with van der Waals surface area (Å²) in [6.45, 7) is 0.0706. The number of nitrogen functional groups attached to an aromatic ring is 1. The summed E-state index contributed by atoms with van der Waals surface area (Å²) in [5, 5.41) is 5.21. The first-order chi connectivity index (χ1) is 14.7. The average molecular weight is 435 g/mol. The van der Waals surface area contributed by atoms with Crippen LogP contribution in [0.5, 0.6) is 5.75 Å². The number of aliphatic imine (C=N–C) groups is 1. The second-order valence-corrected chi connectivity index (χ2v) is 6.72. The van der Waals surface area contributed by atoms with Gasteiger partial charge in [-0.3, -0.25) is 19.6 Å². The molecule has 0 radical (unpaired) electrons. The molecule has 2 heterocycles. The van der Waals surface area contributed by atoms with E-state index in [2.05, 4.69) is 20.6 Å². The summed E-state index contributed by atoms with van der Waals surface area (Å²) in [5.74, 6) is -0.695. The first kappa shape index (κ1) is 22.1. The van der Waals surface area contributed by atoms with E-state index in [0.29, 0.717) is 13.0 Å². The number of ether oxygens (including phenoxy) is 1. The Bertz CT molecular complexity index is 1020. The number of carbonyl (C=O) groups is 2. The minimum Gasteiger partial charge on any atom is -0.489 e. The maximum Gasteiger partial charge on any atom is 0.433 e. The van der Waals surface area contributed by atoms with Gasteiger partial charge in [0.05, 0.1) is 0 Å². The molecule has 1 fully saturated rings. The Balaban J connectivity index is 1.78. The molecule has 8 nitrogen and oxygen atoms in total. The number of nitrogens with two attached hydrogens (primary N) is 1. The zero-order valence-corrected chi connectivity index (χ0v) is 16.5. The number of amides is 2. The molecule has 1 aliphatic heterocycles. The summed E-state index contributed by atoms with van der Waals surface area (Å²) in [6, 6.07) is 6.32. The number of carbonyl (C=O) groups excluding carboxylic acids is 2. The fourth-order valence-corrected chi connectivity index (χ4v) is 3.10. The highest BCUT2D eigenvalue weighted by molar-refractivity contribution is 6.46. The van der Waals surface area contributed by atoms with E-state index in [4.69, 9.17) is 10.5 Å². The lowest BCUT2D eigenvalue weighted by atomic mass is 10.1. The number of pyridine rings is 1. The lowest BCUT2D eigenvalue weighted by Crippen LogP contribution is -2.43. The molecular formula is C20H20F3N5O3. The zero-order valence-electron chi connectivity index (χ0n) is 16.5. The van der Waals surface area contributed by atoms with E-state index in [-0.39, 0.29) is 40.8 Å². The van der Waals surface area contributed by atoms with Crippen LogP contribution in [0.4, 0.5) is 18.9 Å². The topological polar surface area (TPSA) is 119 Å². The largest absolute Gasteiger partial charge is 0.489 e. The molecule has 1 aromatic heterocycles. The Morgan fingerprint density at radius 3 is 2.81 bits per heavy atom. The smallest absolute Gasteiger partial charge is 0.433 e. The van der Waals surface area contributed by atoms with Crippen molar-refractivity contribution in [2.45, 2.75) is 25.2 Å². The number of alkyl halides is 3. The quantitative estimate of drug-likeness (QED) is 0.471. The third-order valence-electron chi connectivity index (χ3n) is 4.63. The highest BCUT2D eigenvalue weighted by Gasteiger charge is 2.35. The second-order valence-electron chi connectivity index (χ2n) is 6.72. The van der Waals surface area contributed by atoms with Crippen LogP contribution in [0.1, 0.15) is 23.2 Å². The Morgan fingerprint density at radius 2 is 2.16 bits per heavy atom. The van der Waals surface area contributed by atoms with Gasteiger partial charge in [-0.05, 0) is 30.7 Å². The van der Waals surface area contributed by atoms with Gasteiger partial charge < -0.3 is 21.1 Å². The summed E-state index contributed by atoms with van der Waals surface area (Å²) < 4.78 is 44.8. The van der Waals surface area contributed by atoms with Gasteiger partial charge in [-0.15, -0.1) is 0 Å². The molecule has 4 N–H and O–H groups in total. The van der Waals surface area contributed by atoms with Gasteiger partial charge in [0.25, 0.3) is 5.91 Å². The SMILES string of the molecule is CN=C(C(=O)NC1CCNC1=O)c1cc(OCc2cccnc2C(F)(F)F)ccc1N. The van der Waals surface area contributed by atoms with Crippen molar-refractivity contribution in [3.63, 3.8) is 0 Å². The summed E-state index contributed by atoms with van der Waals surface area (Å²) >= 11 is 0. The fourth-order valence-electron chi connectivity index (χ4n) is 3.10. The number of nitrogens with one attached hydrogen (secondary N) is 2. The number of nitrogens with zero attached hydrogens (tertiary/aromatic N) is 2. The third-order valence-corrected chi connectivity index (χ3v) is 4.63. The van der Waals surface area contributed by atoms with Crippen LogP contribution in [0.15, 0.2) is 41.5 Å². The minimum atomic E-state index is -4.61. The molecule has 1 aliphatic rings. The molecule has 0 spiro atoms. The van der Waals surface area contributed by atoms with Crippen molar-refractivity contribution in [2.24, 2.45) is 4.99 Å². The van der Waals surface area contributed by atoms with Crippen molar-refractivity contribution in [3.05, 3.63) is 53.3 Å². The van der Waals surface area contributed by atoms with Crippen molar-refractivity contribution in [2.75, 3.05) is 19.3 Å². The molecule has 1 atom stereocenters. The average Bonchev–Trinajstić information content (AvgIpc) is 3.12. The second kappa shape index (κ2) is 9.02. The predicted octanol–water partition coefficient (Wildman–Crippen LogP) is 1.69. The first-order valence-corrected chi connectivity index (χ1v) is 9.30. The predicted molar refractivity (Wildman–Crippen MR) is 106 cm³/mol. The number of hydrogen-bond acceptors (Lipinski definition) is 6. The van der Waals surface area contributed by atoms with E-state index in [1.54, 1.807) is 0 Å². The van der Waals surface area contributed by atoms with Gasteiger partial charge in [0, 0.05) is 36.6 Å². The van der Waals surface area contributed by atoms with E-state index in [9.17, 15) is 22.8 Å². The van der Waals surface area contributed by atoms with Crippen LogP contribution < -0.4 is 21.1 Å². The normalized spacial score (nSPS) is 16.7. The molecule has 164 valence electrons. The monoisotopic (exact) mass is 435 g/mol. The summed E-state index contributed by atoms with van der Waals surface area (Å²) in [4.78, 5) is 31.7. The highest BCUT2D eigenvalue weighted by Crippen LogP contribution is 2.31. The lowest BCUT2D eigenvalue weighted by Gasteiger charge is -2.15. The summed E-state index contributed by atoms with van der Waals surface area (Å²) in [5.41, 5.74) is 5.23. The van der Waals surface area contributed by atoms with E-state index in [1.807, 2.05) is 0 Å². The molecule has 1 unspecified atom stereocenters. The van der Waals surface area contributed by atoms with Gasteiger partial charge >= 0.3 is 6.18 Å². The first-order valence-electron chi connectivity index (χ1n) is 9.30. The Morgan fingerprint density at radius 1 is 1.39 bits per heavy atom. The molecule has 11 heteroatoms. The number of rotatable bonds is 6. The highest BCUT2D eigenvalue weighted by atomic mass is 19.4. The van der Waals surface area contributed by atoms with Gasteiger partial charge in [0.15, 0.2) is 5.69 Å². The molecule has 0 bridgehead atoms. The van der Waals surface area contributed by atoms with Crippen LogP contribution in [0.25, 0.3) is 0 Å². The van der Waals surface area contributed by atoms with Gasteiger partial charge in [0.1, 0.15) is 24.1 Å². The van der Waals surface area contributed by atoms with Crippen molar-refractivity contribution in [3.8, 4) is 5.75 Å². The zero-order chi connectivity index (χ0) is 22.6. The Labute approximate surface area is 175 Å². The molecule has 1 saturated heterocycles. The van der Waals surface area contributed by atoms with Crippen LogP contribution in [0.3, 0.4) is 0 Å². The van der Waals surface area contributed by atoms with Crippen LogP contribution in [-0.2, 0) is 22.4 Å². The molecule has 0 aliphatic carbocycles. The number of halogens is 3. The van der Waals surface area contributed by atoms with E-state index in [0.717, 1.165) is 6.20 Å². The van der Waals surface area contributed by atoms with E-state index in [1.165, 1.54) is 37.4 Å². The van der Waals surface area contributed by atoms with Crippen LogP contribution in [-0.4, -0.2) is 42.1 Å².